The van der Waals surface area contributed by atoms with Crippen molar-refractivity contribution in [3.8, 4) is 17.3 Å². The fourth-order valence-corrected chi connectivity index (χ4v) is 5.05. The third kappa shape index (κ3) is 5.52. The third-order valence-corrected chi connectivity index (χ3v) is 7.36. The molecule has 0 amide bonds. The summed E-state index contributed by atoms with van der Waals surface area (Å²) in [6.07, 6.45) is 1.29. The van der Waals surface area contributed by atoms with Gasteiger partial charge in [-0.15, -0.1) is 0 Å². The van der Waals surface area contributed by atoms with Crippen LogP contribution in [-0.4, -0.2) is 20.8 Å². The SMILES string of the molecule is O=c1c2ccccc2nc(-c2cc3cc(Cl)ccc3o2)n1N=Cc1cc(Cl)c(OCc2ccc(Br)cc2)c([N+](=O)[O-])c1. The molecule has 0 saturated carbocycles. The number of aromatic nitrogens is 2. The molecule has 2 heterocycles. The monoisotopic (exact) mass is 662 g/mol. The lowest BCUT2D eigenvalue weighted by Gasteiger charge is -2.10. The van der Waals surface area contributed by atoms with Crippen LogP contribution < -0.4 is 10.3 Å². The number of benzene rings is 4. The maximum Gasteiger partial charge on any atom is 0.313 e. The summed E-state index contributed by atoms with van der Waals surface area (Å²) in [5.41, 5.74) is 1.27. The highest BCUT2D eigenvalue weighted by Gasteiger charge is 2.21. The highest BCUT2D eigenvalue weighted by atomic mass is 79.9. The Kier molecular flexibility index (Phi) is 7.51. The Labute approximate surface area is 255 Å². The first-order valence-electron chi connectivity index (χ1n) is 12.4. The number of nitro groups is 1. The molecule has 0 aliphatic heterocycles. The molecule has 0 spiro atoms. The predicted octanol–water partition coefficient (Wildman–Crippen LogP) is 8.25. The van der Waals surface area contributed by atoms with Gasteiger partial charge in [-0.3, -0.25) is 14.9 Å². The number of para-hydroxylation sites is 1. The lowest BCUT2D eigenvalue weighted by atomic mass is 10.2. The summed E-state index contributed by atoms with van der Waals surface area (Å²) in [5, 5.41) is 17.9. The van der Waals surface area contributed by atoms with Crippen LogP contribution in [0.5, 0.6) is 5.75 Å². The van der Waals surface area contributed by atoms with Gasteiger partial charge in [-0.25, -0.2) is 4.98 Å². The zero-order valence-electron chi connectivity index (χ0n) is 21.3. The van der Waals surface area contributed by atoms with Gasteiger partial charge in [-0.05, 0) is 60.2 Å². The van der Waals surface area contributed by atoms with Gasteiger partial charge in [0, 0.05) is 26.5 Å². The van der Waals surface area contributed by atoms with Crippen LogP contribution in [0, 0.1) is 10.1 Å². The lowest BCUT2D eigenvalue weighted by molar-refractivity contribution is -0.385. The van der Waals surface area contributed by atoms with Crippen LogP contribution in [0.15, 0.2) is 104 Å². The molecule has 6 aromatic rings. The molecule has 0 bridgehead atoms. The molecule has 9 nitrogen and oxygen atoms in total. The highest BCUT2D eigenvalue weighted by molar-refractivity contribution is 9.10. The quantitative estimate of drug-likeness (QED) is 0.0966. The van der Waals surface area contributed by atoms with E-state index in [0.29, 0.717) is 21.5 Å². The average molecular weight is 664 g/mol. The van der Waals surface area contributed by atoms with Crippen molar-refractivity contribution in [3.63, 3.8) is 0 Å². The van der Waals surface area contributed by atoms with Crippen molar-refractivity contribution < 1.29 is 14.1 Å². The maximum atomic E-state index is 13.5. The van der Waals surface area contributed by atoms with Crippen LogP contribution in [0.4, 0.5) is 5.69 Å². The second-order valence-corrected chi connectivity index (χ2v) is 10.9. The van der Waals surface area contributed by atoms with Crippen molar-refractivity contribution >= 4 is 72.9 Å². The number of hydrogen-bond acceptors (Lipinski definition) is 7. The first kappa shape index (κ1) is 27.6. The zero-order valence-corrected chi connectivity index (χ0v) is 24.4. The van der Waals surface area contributed by atoms with E-state index in [1.807, 2.05) is 24.3 Å². The molecule has 6 rings (SSSR count). The van der Waals surface area contributed by atoms with Crippen LogP contribution in [0.2, 0.25) is 10.0 Å². The molecule has 0 aliphatic rings. The summed E-state index contributed by atoms with van der Waals surface area (Å²) in [4.78, 5) is 29.5. The Morgan fingerprint density at radius 3 is 2.62 bits per heavy atom. The molecule has 2 aromatic heterocycles. The fourth-order valence-electron chi connectivity index (χ4n) is 4.33. The van der Waals surface area contributed by atoms with E-state index in [0.717, 1.165) is 20.1 Å². The van der Waals surface area contributed by atoms with E-state index in [2.05, 4.69) is 26.0 Å². The van der Waals surface area contributed by atoms with E-state index in [1.165, 1.54) is 18.3 Å². The maximum absolute atomic E-state index is 13.5. The van der Waals surface area contributed by atoms with Crippen LogP contribution in [0.1, 0.15) is 11.1 Å². The van der Waals surface area contributed by atoms with E-state index < -0.39 is 10.5 Å². The Balaban J connectivity index is 1.41. The summed E-state index contributed by atoms with van der Waals surface area (Å²) >= 11 is 15.9. The molecule has 208 valence electrons. The van der Waals surface area contributed by atoms with Crippen molar-refractivity contribution in [1.29, 1.82) is 0 Å². The molecule has 0 N–H and O–H groups in total. The first-order chi connectivity index (χ1) is 20.3. The second kappa shape index (κ2) is 11.4. The van der Waals surface area contributed by atoms with Crippen molar-refractivity contribution in [2.45, 2.75) is 6.61 Å². The summed E-state index contributed by atoms with van der Waals surface area (Å²) < 4.78 is 13.7. The van der Waals surface area contributed by atoms with E-state index in [9.17, 15) is 14.9 Å². The molecule has 0 atom stereocenters. The average Bonchev–Trinajstić information content (AvgIpc) is 3.39. The van der Waals surface area contributed by atoms with Gasteiger partial charge >= 0.3 is 5.69 Å². The minimum absolute atomic E-state index is 0.0149. The topological polar surface area (TPSA) is 113 Å². The molecule has 0 radical (unpaired) electrons. The molecular weight excluding hydrogens is 647 g/mol. The van der Waals surface area contributed by atoms with Gasteiger partial charge < -0.3 is 9.15 Å². The van der Waals surface area contributed by atoms with Crippen LogP contribution in [-0.2, 0) is 6.61 Å². The molecule has 0 fully saturated rings. The standard InChI is InChI=1S/C30H17BrCl2N4O5/c31-20-7-5-17(6-8-20)16-41-28-23(33)11-18(12-25(28)37(39)40)15-34-36-29(35-24-4-2-1-3-22(24)30(36)38)27-14-19-13-21(32)9-10-26(19)42-27/h1-15H,16H2. The van der Waals surface area contributed by atoms with Gasteiger partial charge in [0.1, 0.15) is 12.2 Å². The summed E-state index contributed by atoms with van der Waals surface area (Å²) in [5.74, 6) is 0.346. The van der Waals surface area contributed by atoms with Crippen molar-refractivity contribution in [2.24, 2.45) is 5.10 Å². The number of ether oxygens (including phenoxy) is 1. The van der Waals surface area contributed by atoms with E-state index in [-0.39, 0.29) is 40.2 Å². The van der Waals surface area contributed by atoms with Crippen molar-refractivity contribution in [1.82, 2.24) is 9.66 Å². The Hall–Kier alpha value is -4.51. The van der Waals surface area contributed by atoms with Crippen LogP contribution in [0.25, 0.3) is 33.5 Å². The molecular formula is C30H17BrCl2N4O5. The molecule has 0 unspecified atom stereocenters. The van der Waals surface area contributed by atoms with E-state index in [4.69, 9.17) is 32.4 Å². The molecule has 42 heavy (non-hydrogen) atoms. The van der Waals surface area contributed by atoms with E-state index in [1.54, 1.807) is 48.5 Å². The number of nitrogens with zero attached hydrogens (tertiary/aromatic N) is 4. The number of hydrogen-bond donors (Lipinski definition) is 0. The van der Waals surface area contributed by atoms with Gasteiger partial charge in [0.05, 0.1) is 27.1 Å². The summed E-state index contributed by atoms with van der Waals surface area (Å²) in [7, 11) is 0. The molecule has 0 aliphatic carbocycles. The van der Waals surface area contributed by atoms with Crippen LogP contribution in [0.3, 0.4) is 0 Å². The number of halogens is 3. The van der Waals surface area contributed by atoms with Crippen LogP contribution >= 0.6 is 39.1 Å². The van der Waals surface area contributed by atoms with Crippen molar-refractivity contribution in [2.75, 3.05) is 0 Å². The summed E-state index contributed by atoms with van der Waals surface area (Å²) in [6, 6.07) is 23.8. The predicted molar refractivity (Wildman–Crippen MR) is 166 cm³/mol. The third-order valence-electron chi connectivity index (χ3n) is 6.31. The van der Waals surface area contributed by atoms with Gasteiger partial charge in [0.15, 0.2) is 5.76 Å². The summed E-state index contributed by atoms with van der Waals surface area (Å²) in [6.45, 7) is 0.0749. The minimum atomic E-state index is -0.588. The number of furan rings is 1. The Morgan fingerprint density at radius 2 is 1.83 bits per heavy atom. The van der Waals surface area contributed by atoms with Gasteiger partial charge in [0.25, 0.3) is 5.56 Å². The number of rotatable bonds is 7. The highest BCUT2D eigenvalue weighted by Crippen LogP contribution is 2.36. The zero-order chi connectivity index (χ0) is 29.4. The molecule has 12 heteroatoms. The normalized spacial score (nSPS) is 11.5. The first-order valence-corrected chi connectivity index (χ1v) is 13.9. The van der Waals surface area contributed by atoms with Gasteiger partial charge in [-0.1, -0.05) is 63.4 Å². The smallest absolute Gasteiger partial charge is 0.313 e. The fraction of sp³-hybridized carbons (Fsp3) is 0.0333. The van der Waals surface area contributed by atoms with Gasteiger partial charge in [-0.2, -0.15) is 9.78 Å². The lowest BCUT2D eigenvalue weighted by Crippen LogP contribution is -2.20. The second-order valence-electron chi connectivity index (χ2n) is 9.13. The Morgan fingerprint density at radius 1 is 1.05 bits per heavy atom. The van der Waals surface area contributed by atoms with Crippen molar-refractivity contribution in [3.05, 3.63) is 131 Å². The minimum Gasteiger partial charge on any atom is -0.481 e. The number of nitro benzene ring substituents is 1. The van der Waals surface area contributed by atoms with Gasteiger partial charge in [0.2, 0.25) is 11.6 Å². The Bertz CT molecular complexity index is 2090. The van der Waals surface area contributed by atoms with E-state index >= 15 is 0 Å². The largest absolute Gasteiger partial charge is 0.481 e. The molecule has 4 aromatic carbocycles. The number of fused-ring (bicyclic) bond motifs is 2. The molecule has 0 saturated heterocycles.